The standard InChI is InChI=1S/C17H24O4/c1-11-9-15(21-5)13(17(2,3)4)10-12(11)14(18)7-6-8-16(19)20/h9-10H,6-8H2,1-5H3,(H,19,20). The molecular weight excluding hydrogens is 268 g/mol. The molecule has 0 fully saturated rings. The van der Waals surface area contributed by atoms with Crippen molar-refractivity contribution in [2.24, 2.45) is 0 Å². The van der Waals surface area contributed by atoms with Crippen LogP contribution in [0.3, 0.4) is 0 Å². The second kappa shape index (κ2) is 6.74. The van der Waals surface area contributed by atoms with E-state index in [2.05, 4.69) is 20.8 Å². The molecule has 0 unspecified atom stereocenters. The van der Waals surface area contributed by atoms with E-state index in [9.17, 15) is 9.59 Å². The third kappa shape index (κ3) is 4.59. The predicted octanol–water partition coefficient (Wildman–Crippen LogP) is 3.74. The van der Waals surface area contributed by atoms with Crippen molar-refractivity contribution in [3.8, 4) is 5.75 Å². The number of rotatable bonds is 6. The number of carbonyl (C=O) groups excluding carboxylic acids is 1. The Morgan fingerprint density at radius 1 is 1.19 bits per heavy atom. The van der Waals surface area contributed by atoms with Crippen molar-refractivity contribution >= 4 is 11.8 Å². The Labute approximate surface area is 126 Å². The van der Waals surface area contributed by atoms with E-state index in [1.54, 1.807) is 7.11 Å². The zero-order valence-corrected chi connectivity index (χ0v) is 13.4. The Bertz CT molecular complexity index is 538. The Morgan fingerprint density at radius 3 is 2.29 bits per heavy atom. The van der Waals surface area contributed by atoms with E-state index in [1.165, 1.54) is 0 Å². The lowest BCUT2D eigenvalue weighted by Gasteiger charge is -2.23. The molecule has 0 spiro atoms. The fraction of sp³-hybridized carbons (Fsp3) is 0.529. The van der Waals surface area contributed by atoms with Gasteiger partial charge in [0.25, 0.3) is 0 Å². The lowest BCUT2D eigenvalue weighted by atomic mass is 9.83. The third-order valence-corrected chi connectivity index (χ3v) is 3.45. The van der Waals surface area contributed by atoms with Gasteiger partial charge in [-0.05, 0) is 36.5 Å². The minimum absolute atomic E-state index is 0.0121. The number of methoxy groups -OCH3 is 1. The fourth-order valence-corrected chi connectivity index (χ4v) is 2.27. The van der Waals surface area contributed by atoms with Crippen LogP contribution in [0.1, 0.15) is 61.5 Å². The average Bonchev–Trinajstić information content (AvgIpc) is 2.36. The van der Waals surface area contributed by atoms with Gasteiger partial charge in [-0.3, -0.25) is 9.59 Å². The predicted molar refractivity (Wildman–Crippen MR) is 82.2 cm³/mol. The van der Waals surface area contributed by atoms with Gasteiger partial charge < -0.3 is 9.84 Å². The van der Waals surface area contributed by atoms with E-state index in [0.717, 1.165) is 16.9 Å². The summed E-state index contributed by atoms with van der Waals surface area (Å²) in [6.07, 6.45) is 0.639. The highest BCUT2D eigenvalue weighted by Crippen LogP contribution is 2.34. The first kappa shape index (κ1) is 17.2. The van der Waals surface area contributed by atoms with Gasteiger partial charge in [0, 0.05) is 24.0 Å². The molecule has 0 amide bonds. The summed E-state index contributed by atoms with van der Waals surface area (Å²) in [7, 11) is 1.62. The van der Waals surface area contributed by atoms with E-state index in [0.29, 0.717) is 12.0 Å². The molecule has 0 aliphatic heterocycles. The Balaban J connectivity index is 3.07. The van der Waals surface area contributed by atoms with E-state index >= 15 is 0 Å². The summed E-state index contributed by atoms with van der Waals surface area (Å²) in [6.45, 7) is 8.08. The molecule has 21 heavy (non-hydrogen) atoms. The molecular formula is C17H24O4. The maximum Gasteiger partial charge on any atom is 0.303 e. The number of ether oxygens (including phenoxy) is 1. The summed E-state index contributed by atoms with van der Waals surface area (Å²) in [6, 6.07) is 3.77. The molecule has 0 saturated carbocycles. The van der Waals surface area contributed by atoms with Crippen molar-refractivity contribution in [3.63, 3.8) is 0 Å². The average molecular weight is 292 g/mol. The highest BCUT2D eigenvalue weighted by molar-refractivity contribution is 5.98. The van der Waals surface area contributed by atoms with Gasteiger partial charge in [-0.15, -0.1) is 0 Å². The van der Waals surface area contributed by atoms with Crippen LogP contribution in [0.5, 0.6) is 5.75 Å². The number of Topliss-reactive ketones (excluding diaryl/α,β-unsaturated/α-hetero) is 1. The van der Waals surface area contributed by atoms with Gasteiger partial charge in [0.15, 0.2) is 5.78 Å². The Hall–Kier alpha value is -1.84. The van der Waals surface area contributed by atoms with E-state index in [-0.39, 0.29) is 24.0 Å². The normalized spacial score (nSPS) is 11.3. The number of carbonyl (C=O) groups is 2. The van der Waals surface area contributed by atoms with Crippen LogP contribution < -0.4 is 4.74 Å². The van der Waals surface area contributed by atoms with Crippen molar-refractivity contribution in [2.45, 2.75) is 52.4 Å². The highest BCUT2D eigenvalue weighted by Gasteiger charge is 2.22. The Kier molecular flexibility index (Phi) is 5.53. The molecule has 4 nitrogen and oxygen atoms in total. The molecule has 0 atom stereocenters. The number of ketones is 1. The summed E-state index contributed by atoms with van der Waals surface area (Å²) in [5, 5.41) is 8.64. The molecule has 0 aliphatic rings. The monoisotopic (exact) mass is 292 g/mol. The van der Waals surface area contributed by atoms with Crippen molar-refractivity contribution < 1.29 is 19.4 Å². The van der Waals surface area contributed by atoms with E-state index < -0.39 is 5.97 Å². The highest BCUT2D eigenvalue weighted by atomic mass is 16.5. The number of carboxylic acid groups (broad SMARTS) is 1. The molecule has 4 heteroatoms. The van der Waals surface area contributed by atoms with Gasteiger partial charge >= 0.3 is 5.97 Å². The van der Waals surface area contributed by atoms with Crippen LogP contribution >= 0.6 is 0 Å². The SMILES string of the molecule is COc1cc(C)c(C(=O)CCCC(=O)O)cc1C(C)(C)C. The molecule has 1 aromatic carbocycles. The Morgan fingerprint density at radius 2 is 1.81 bits per heavy atom. The number of aliphatic carboxylic acids is 1. The zero-order valence-electron chi connectivity index (χ0n) is 13.4. The minimum atomic E-state index is -0.871. The quantitative estimate of drug-likeness (QED) is 0.811. The van der Waals surface area contributed by atoms with E-state index in [4.69, 9.17) is 9.84 Å². The second-order valence-corrected chi connectivity index (χ2v) is 6.29. The third-order valence-electron chi connectivity index (χ3n) is 3.45. The van der Waals surface area contributed by atoms with Crippen LogP contribution in [0.25, 0.3) is 0 Å². The fourth-order valence-electron chi connectivity index (χ4n) is 2.27. The van der Waals surface area contributed by atoms with Gasteiger partial charge in [-0.25, -0.2) is 0 Å². The number of aryl methyl sites for hydroxylation is 1. The van der Waals surface area contributed by atoms with Crippen LogP contribution in [0.15, 0.2) is 12.1 Å². The number of hydrogen-bond donors (Lipinski definition) is 1. The van der Waals surface area contributed by atoms with Crippen molar-refractivity contribution in [3.05, 3.63) is 28.8 Å². The molecule has 1 rings (SSSR count). The molecule has 1 aromatic rings. The maximum atomic E-state index is 12.3. The van der Waals surface area contributed by atoms with Crippen LogP contribution in [0.4, 0.5) is 0 Å². The van der Waals surface area contributed by atoms with E-state index in [1.807, 2.05) is 19.1 Å². The first-order valence-electron chi connectivity index (χ1n) is 7.11. The van der Waals surface area contributed by atoms with Crippen LogP contribution in [0.2, 0.25) is 0 Å². The van der Waals surface area contributed by atoms with Crippen LogP contribution in [-0.4, -0.2) is 24.0 Å². The molecule has 1 N–H and O–H groups in total. The lowest BCUT2D eigenvalue weighted by molar-refractivity contribution is -0.137. The summed E-state index contributed by atoms with van der Waals surface area (Å²) in [5.41, 5.74) is 2.37. The number of carboxylic acids is 1. The topological polar surface area (TPSA) is 63.6 Å². The number of benzene rings is 1. The van der Waals surface area contributed by atoms with Crippen LogP contribution in [-0.2, 0) is 10.2 Å². The maximum absolute atomic E-state index is 12.3. The van der Waals surface area contributed by atoms with Gasteiger partial charge in [-0.2, -0.15) is 0 Å². The van der Waals surface area contributed by atoms with Crippen LogP contribution in [0, 0.1) is 6.92 Å². The second-order valence-electron chi connectivity index (χ2n) is 6.29. The lowest BCUT2D eigenvalue weighted by Crippen LogP contribution is -2.15. The van der Waals surface area contributed by atoms with Gasteiger partial charge in [-0.1, -0.05) is 20.8 Å². The van der Waals surface area contributed by atoms with Crippen molar-refractivity contribution in [1.29, 1.82) is 0 Å². The molecule has 0 bridgehead atoms. The molecule has 116 valence electrons. The molecule has 0 aliphatic carbocycles. The molecule has 0 aromatic heterocycles. The van der Waals surface area contributed by atoms with Gasteiger partial charge in [0.05, 0.1) is 7.11 Å². The van der Waals surface area contributed by atoms with Gasteiger partial charge in [0.2, 0.25) is 0 Å². The largest absolute Gasteiger partial charge is 0.496 e. The molecule has 0 radical (unpaired) electrons. The summed E-state index contributed by atoms with van der Waals surface area (Å²) < 4.78 is 5.41. The van der Waals surface area contributed by atoms with Crippen molar-refractivity contribution in [1.82, 2.24) is 0 Å². The first-order valence-corrected chi connectivity index (χ1v) is 7.11. The first-order chi connectivity index (χ1) is 9.66. The van der Waals surface area contributed by atoms with Crippen molar-refractivity contribution in [2.75, 3.05) is 7.11 Å². The number of hydrogen-bond acceptors (Lipinski definition) is 3. The zero-order chi connectivity index (χ0) is 16.2. The molecule has 0 saturated heterocycles. The summed E-state index contributed by atoms with van der Waals surface area (Å²) in [5.74, 6) is -0.103. The smallest absolute Gasteiger partial charge is 0.303 e. The summed E-state index contributed by atoms with van der Waals surface area (Å²) >= 11 is 0. The minimum Gasteiger partial charge on any atom is -0.496 e. The molecule has 0 heterocycles. The van der Waals surface area contributed by atoms with Gasteiger partial charge in [0.1, 0.15) is 5.75 Å². The summed E-state index contributed by atoms with van der Waals surface area (Å²) in [4.78, 5) is 22.8.